The summed E-state index contributed by atoms with van der Waals surface area (Å²) in [5, 5.41) is 10.9. The summed E-state index contributed by atoms with van der Waals surface area (Å²) in [4.78, 5) is 29.0. The van der Waals surface area contributed by atoms with Crippen molar-refractivity contribution in [3.05, 3.63) is 46.4 Å². The van der Waals surface area contributed by atoms with Crippen molar-refractivity contribution in [2.45, 2.75) is 12.8 Å². The van der Waals surface area contributed by atoms with E-state index in [4.69, 9.17) is 0 Å². The largest absolute Gasteiger partial charge is 0.351 e. The maximum atomic E-state index is 12.3. The molecule has 0 radical (unpaired) electrons. The van der Waals surface area contributed by atoms with E-state index in [1.807, 2.05) is 0 Å². The average molecular weight is 344 g/mol. The van der Waals surface area contributed by atoms with Crippen molar-refractivity contribution in [2.75, 3.05) is 25.0 Å². The second-order valence-corrected chi connectivity index (χ2v) is 6.67. The van der Waals surface area contributed by atoms with Crippen LogP contribution in [0, 0.1) is 5.92 Å². The highest BCUT2D eigenvalue weighted by atomic mass is 32.1. The van der Waals surface area contributed by atoms with Crippen molar-refractivity contribution in [1.29, 1.82) is 0 Å². The number of nitrogens with zero attached hydrogens (tertiary/aromatic N) is 1. The van der Waals surface area contributed by atoms with Crippen LogP contribution in [0.3, 0.4) is 0 Å². The summed E-state index contributed by atoms with van der Waals surface area (Å²) in [6.45, 7) is 2.75. The van der Waals surface area contributed by atoms with Gasteiger partial charge in [0.2, 0.25) is 0 Å². The zero-order valence-electron chi connectivity index (χ0n) is 13.2. The van der Waals surface area contributed by atoms with Crippen molar-refractivity contribution in [2.24, 2.45) is 5.92 Å². The summed E-state index contributed by atoms with van der Waals surface area (Å²) in [5.74, 6) is 0.252. The summed E-state index contributed by atoms with van der Waals surface area (Å²) in [6, 6.07) is 5.02. The van der Waals surface area contributed by atoms with Gasteiger partial charge in [-0.15, -0.1) is 11.3 Å². The lowest BCUT2D eigenvalue weighted by Crippen LogP contribution is -2.26. The van der Waals surface area contributed by atoms with Crippen LogP contribution < -0.4 is 16.0 Å². The maximum Gasteiger partial charge on any atom is 0.263 e. The number of aromatic nitrogens is 1. The number of carbonyl (C=O) groups excluding carboxylic acids is 2. The summed E-state index contributed by atoms with van der Waals surface area (Å²) in [7, 11) is 0. The molecule has 6 nitrogen and oxygen atoms in total. The number of carbonyl (C=O) groups is 2. The number of nitrogens with one attached hydrogen (secondary N) is 3. The fourth-order valence-electron chi connectivity index (χ4n) is 2.71. The van der Waals surface area contributed by atoms with E-state index >= 15 is 0 Å². The second kappa shape index (κ2) is 8.03. The van der Waals surface area contributed by atoms with Gasteiger partial charge in [0.15, 0.2) is 0 Å². The zero-order valence-corrected chi connectivity index (χ0v) is 14.1. The van der Waals surface area contributed by atoms with Gasteiger partial charge in [-0.1, -0.05) is 0 Å². The molecule has 3 heterocycles. The van der Waals surface area contributed by atoms with Gasteiger partial charge >= 0.3 is 0 Å². The summed E-state index contributed by atoms with van der Waals surface area (Å²) in [6.07, 6.45) is 5.27. The van der Waals surface area contributed by atoms with E-state index in [-0.39, 0.29) is 11.8 Å². The Bertz CT molecular complexity index is 696. The first-order valence-electron chi connectivity index (χ1n) is 8.02. The molecule has 1 atom stereocenters. The Morgan fingerprint density at radius 2 is 2.08 bits per heavy atom. The first kappa shape index (κ1) is 16.6. The highest BCUT2D eigenvalue weighted by molar-refractivity contribution is 7.12. The molecule has 24 heavy (non-hydrogen) atoms. The number of hydrogen-bond donors (Lipinski definition) is 3. The quantitative estimate of drug-likeness (QED) is 0.750. The van der Waals surface area contributed by atoms with Crippen LogP contribution in [0.25, 0.3) is 0 Å². The van der Waals surface area contributed by atoms with Gasteiger partial charge in [-0.2, -0.15) is 0 Å². The summed E-state index contributed by atoms with van der Waals surface area (Å²) < 4.78 is 0. The molecule has 1 aliphatic rings. The lowest BCUT2D eigenvalue weighted by atomic mass is 10.1. The van der Waals surface area contributed by atoms with E-state index in [0.717, 1.165) is 19.5 Å². The number of anilines is 1. The lowest BCUT2D eigenvalue weighted by Gasteiger charge is -2.10. The molecule has 2 aromatic rings. The number of amides is 2. The molecular weight excluding hydrogens is 324 g/mol. The van der Waals surface area contributed by atoms with E-state index in [1.165, 1.54) is 17.8 Å². The average Bonchev–Trinajstić information content (AvgIpc) is 3.27. The predicted octanol–water partition coefficient (Wildman–Crippen LogP) is 2.12. The molecule has 126 valence electrons. The Morgan fingerprint density at radius 1 is 1.25 bits per heavy atom. The first-order valence-corrected chi connectivity index (χ1v) is 8.90. The Morgan fingerprint density at radius 3 is 2.83 bits per heavy atom. The van der Waals surface area contributed by atoms with E-state index in [2.05, 4.69) is 20.9 Å². The standard InChI is InChI=1S/C17H20N4O2S/c22-16(13-3-7-18-8-4-13)21-14-5-10-24-15(14)17(23)20-9-2-12-1-6-19-11-12/h3-5,7-8,10,12,19H,1-2,6,9,11H2,(H,20,23)(H,21,22). The molecule has 3 rings (SSSR count). The monoisotopic (exact) mass is 344 g/mol. The van der Waals surface area contributed by atoms with Gasteiger partial charge in [0.05, 0.1) is 5.69 Å². The van der Waals surface area contributed by atoms with Crippen LogP contribution in [0.5, 0.6) is 0 Å². The van der Waals surface area contributed by atoms with Gasteiger partial charge in [0.1, 0.15) is 4.88 Å². The fourth-order valence-corrected chi connectivity index (χ4v) is 3.48. The Hall–Kier alpha value is -2.25. The highest BCUT2D eigenvalue weighted by Crippen LogP contribution is 2.23. The third-order valence-corrected chi connectivity index (χ3v) is 4.98. The molecule has 3 N–H and O–H groups in total. The van der Waals surface area contributed by atoms with Crippen LogP contribution in [0.2, 0.25) is 0 Å². The van der Waals surface area contributed by atoms with Crippen molar-refractivity contribution >= 4 is 28.8 Å². The zero-order chi connectivity index (χ0) is 16.8. The molecule has 2 aromatic heterocycles. The van der Waals surface area contributed by atoms with Crippen LogP contribution in [0.15, 0.2) is 36.0 Å². The van der Waals surface area contributed by atoms with Crippen molar-refractivity contribution in [3.8, 4) is 0 Å². The molecule has 0 spiro atoms. The molecule has 0 saturated carbocycles. The molecule has 0 bridgehead atoms. The molecule has 1 fully saturated rings. The van der Waals surface area contributed by atoms with E-state index < -0.39 is 0 Å². The molecule has 1 saturated heterocycles. The molecular formula is C17H20N4O2S. The molecule has 1 aliphatic heterocycles. The van der Waals surface area contributed by atoms with Crippen LogP contribution in [0.1, 0.15) is 32.9 Å². The molecule has 1 unspecified atom stereocenters. The lowest BCUT2D eigenvalue weighted by molar-refractivity contribution is 0.0956. The maximum absolute atomic E-state index is 12.3. The number of rotatable bonds is 6. The molecule has 0 aliphatic carbocycles. The summed E-state index contributed by atoms with van der Waals surface area (Å²) >= 11 is 1.33. The Balaban J connectivity index is 1.55. The normalized spacial score (nSPS) is 16.8. The van der Waals surface area contributed by atoms with Gasteiger partial charge in [0.25, 0.3) is 11.8 Å². The van der Waals surface area contributed by atoms with Gasteiger partial charge in [-0.3, -0.25) is 14.6 Å². The van der Waals surface area contributed by atoms with Gasteiger partial charge < -0.3 is 16.0 Å². The fraction of sp³-hybridized carbons (Fsp3) is 0.353. The predicted molar refractivity (Wildman–Crippen MR) is 94.4 cm³/mol. The number of hydrogen-bond acceptors (Lipinski definition) is 5. The molecule has 0 aromatic carbocycles. The first-order chi connectivity index (χ1) is 11.7. The third kappa shape index (κ3) is 4.18. The third-order valence-electron chi connectivity index (χ3n) is 4.06. The van der Waals surface area contributed by atoms with Crippen molar-refractivity contribution < 1.29 is 9.59 Å². The summed E-state index contributed by atoms with van der Waals surface area (Å²) in [5.41, 5.74) is 1.05. The number of thiophene rings is 1. The highest BCUT2D eigenvalue weighted by Gasteiger charge is 2.17. The van der Waals surface area contributed by atoms with Crippen LogP contribution in [-0.4, -0.2) is 36.4 Å². The van der Waals surface area contributed by atoms with E-state index in [0.29, 0.717) is 28.6 Å². The van der Waals surface area contributed by atoms with E-state index in [9.17, 15) is 9.59 Å². The van der Waals surface area contributed by atoms with Crippen LogP contribution in [0.4, 0.5) is 5.69 Å². The van der Waals surface area contributed by atoms with Crippen LogP contribution >= 0.6 is 11.3 Å². The minimum Gasteiger partial charge on any atom is -0.351 e. The van der Waals surface area contributed by atoms with Gasteiger partial charge in [0, 0.05) is 24.5 Å². The Labute approximate surface area is 144 Å². The number of pyridine rings is 1. The molecule has 7 heteroatoms. The SMILES string of the molecule is O=C(Nc1ccsc1C(=O)NCCC1CCNC1)c1ccncc1. The van der Waals surface area contributed by atoms with Crippen molar-refractivity contribution in [1.82, 2.24) is 15.6 Å². The molecule has 2 amide bonds. The smallest absolute Gasteiger partial charge is 0.263 e. The van der Waals surface area contributed by atoms with Gasteiger partial charge in [-0.05, 0) is 55.4 Å². The van der Waals surface area contributed by atoms with Gasteiger partial charge in [-0.25, -0.2) is 0 Å². The van der Waals surface area contributed by atoms with Crippen LogP contribution in [-0.2, 0) is 0 Å². The van der Waals surface area contributed by atoms with E-state index in [1.54, 1.807) is 36.0 Å². The Kier molecular flexibility index (Phi) is 5.55. The second-order valence-electron chi connectivity index (χ2n) is 5.76. The topological polar surface area (TPSA) is 83.1 Å². The van der Waals surface area contributed by atoms with Crippen molar-refractivity contribution in [3.63, 3.8) is 0 Å². The minimum atomic E-state index is -0.248. The minimum absolute atomic E-state index is 0.138.